The molecule has 11 nitrogen and oxygen atoms in total. The van der Waals surface area contributed by atoms with E-state index in [0.717, 1.165) is 24.2 Å². The van der Waals surface area contributed by atoms with Crippen LogP contribution in [0.1, 0.15) is 40.0 Å². The second-order valence-electron chi connectivity index (χ2n) is 6.86. The van der Waals surface area contributed by atoms with Crippen molar-refractivity contribution >= 4 is 39.7 Å². The molecule has 2 aliphatic heterocycles. The molecule has 1 saturated carbocycles. The summed E-state index contributed by atoms with van der Waals surface area (Å²) in [6.45, 7) is 0.00694. The Balaban J connectivity index is 0.000000569. The first-order chi connectivity index (χ1) is 13.0. The second kappa shape index (κ2) is 9.94. The number of carbonyl (C=O) groups excluding carboxylic acids is 4. The van der Waals surface area contributed by atoms with E-state index in [4.69, 9.17) is 4.55 Å². The smallest absolute Gasteiger partial charge is 1.00 e. The summed E-state index contributed by atoms with van der Waals surface area (Å²) < 4.78 is 29.0. The van der Waals surface area contributed by atoms with Crippen molar-refractivity contribution in [2.75, 3.05) is 6.54 Å². The molecule has 0 aromatic rings. The standard InChI is InChI=1S/C12H15NO4.C4H5NO5S.Na.H/c14-9-4-5-10(15)13(9)8-12(11(16)17)6-2-1-3-7-12;6-3-1-2(4(7)5-3)11(8,9)10;;/h4-5H,1-3,6-8H2,(H,16,17);2H,1H2,(H,5,6,7)(H,8,9,10);;/q;;+1;-1. The molecule has 0 aromatic heterocycles. The van der Waals surface area contributed by atoms with Crippen LogP contribution in [0.4, 0.5) is 0 Å². The summed E-state index contributed by atoms with van der Waals surface area (Å²) in [6.07, 6.45) is 5.69. The van der Waals surface area contributed by atoms with Gasteiger partial charge in [-0.1, -0.05) is 19.3 Å². The summed E-state index contributed by atoms with van der Waals surface area (Å²) in [5.41, 5.74) is -0.935. The number of imide groups is 2. The molecule has 1 unspecified atom stereocenters. The quantitative estimate of drug-likeness (QED) is 0.226. The normalized spacial score (nSPS) is 23.2. The van der Waals surface area contributed by atoms with E-state index < -0.39 is 56.8 Å². The molecule has 3 N–H and O–H groups in total. The molecule has 3 aliphatic rings. The van der Waals surface area contributed by atoms with Gasteiger partial charge in [-0.15, -0.1) is 0 Å². The van der Waals surface area contributed by atoms with Crippen molar-refractivity contribution in [1.82, 2.24) is 10.2 Å². The number of nitrogens with zero attached hydrogens (tertiary/aromatic N) is 1. The van der Waals surface area contributed by atoms with Gasteiger partial charge in [0.05, 0.1) is 11.8 Å². The molecule has 1 aliphatic carbocycles. The summed E-state index contributed by atoms with van der Waals surface area (Å²) in [5.74, 6) is -3.35. The summed E-state index contributed by atoms with van der Waals surface area (Å²) in [6, 6.07) is 0. The predicted octanol–water partition coefficient (Wildman–Crippen LogP) is -3.65. The van der Waals surface area contributed by atoms with Crippen molar-refractivity contribution in [3.8, 4) is 0 Å². The van der Waals surface area contributed by atoms with Gasteiger partial charge in [0.1, 0.15) is 0 Å². The largest absolute Gasteiger partial charge is 1.00 e. The maximum Gasteiger partial charge on any atom is 1.00 e. The molecule has 29 heavy (non-hydrogen) atoms. The molecular weight excluding hydrogens is 419 g/mol. The van der Waals surface area contributed by atoms with Gasteiger partial charge in [0, 0.05) is 18.7 Å². The number of nitrogens with one attached hydrogen (secondary N) is 1. The molecule has 2 fully saturated rings. The minimum absolute atomic E-state index is 0. The number of amides is 4. The van der Waals surface area contributed by atoms with Gasteiger partial charge in [0.15, 0.2) is 5.25 Å². The average Bonchev–Trinajstić information content (AvgIpc) is 3.11. The second-order valence-corrected chi connectivity index (χ2v) is 8.46. The minimum atomic E-state index is -4.42. The van der Waals surface area contributed by atoms with Gasteiger partial charge >= 0.3 is 35.5 Å². The summed E-state index contributed by atoms with van der Waals surface area (Å²) >= 11 is 0. The summed E-state index contributed by atoms with van der Waals surface area (Å²) in [7, 11) is -4.42. The molecule has 0 aromatic carbocycles. The molecule has 4 amide bonds. The molecule has 1 atom stereocenters. The van der Waals surface area contributed by atoms with Crippen molar-refractivity contribution in [2.24, 2.45) is 5.41 Å². The summed E-state index contributed by atoms with van der Waals surface area (Å²) in [5, 5.41) is 9.49. The Bertz CT molecular complexity index is 835. The maximum atomic E-state index is 11.4. The molecule has 0 bridgehead atoms. The number of rotatable bonds is 4. The zero-order chi connectivity index (χ0) is 21.1. The summed E-state index contributed by atoms with van der Waals surface area (Å²) in [4.78, 5) is 56.3. The van der Waals surface area contributed by atoms with Crippen molar-refractivity contribution < 1.29 is 73.0 Å². The topological polar surface area (TPSA) is 175 Å². The number of carboxylic acid groups (broad SMARTS) is 1. The van der Waals surface area contributed by atoms with E-state index in [0.29, 0.717) is 12.8 Å². The number of aliphatic carboxylic acids is 1. The fourth-order valence-electron chi connectivity index (χ4n) is 3.33. The number of hydrogen-bond donors (Lipinski definition) is 3. The Kier molecular flexibility index (Phi) is 8.72. The van der Waals surface area contributed by atoms with Crippen LogP contribution in [-0.2, 0) is 34.1 Å². The van der Waals surface area contributed by atoms with Crippen molar-refractivity contribution in [2.45, 2.75) is 43.8 Å². The van der Waals surface area contributed by atoms with Gasteiger partial charge in [-0.05, 0) is 12.8 Å². The van der Waals surface area contributed by atoms with Crippen LogP contribution in [0.5, 0.6) is 0 Å². The van der Waals surface area contributed by atoms with Gasteiger partial charge in [0.25, 0.3) is 21.9 Å². The molecule has 13 heteroatoms. The van der Waals surface area contributed by atoms with Gasteiger partial charge in [-0.3, -0.25) is 38.7 Å². The fourth-order valence-corrected chi connectivity index (χ4v) is 4.02. The van der Waals surface area contributed by atoms with Crippen LogP contribution >= 0.6 is 0 Å². The number of carboxylic acids is 1. The SMILES string of the molecule is O=C1C=CC(=O)N1CC1(C(=O)O)CCCCC1.O=C1CC(S(=O)(=O)O)C(=O)N1.[H-].[Na+]. The van der Waals surface area contributed by atoms with Crippen molar-refractivity contribution in [1.29, 1.82) is 0 Å². The molecule has 2 heterocycles. The first-order valence-corrected chi connectivity index (χ1v) is 10.0. The zero-order valence-electron chi connectivity index (χ0n) is 16.8. The fraction of sp³-hybridized carbons (Fsp3) is 0.562. The number of hydrogen-bond acceptors (Lipinski definition) is 7. The van der Waals surface area contributed by atoms with Crippen molar-refractivity contribution in [3.05, 3.63) is 12.2 Å². The monoisotopic (exact) mass is 440 g/mol. The molecule has 3 rings (SSSR count). The number of carbonyl (C=O) groups is 5. The van der Waals surface area contributed by atoms with E-state index >= 15 is 0 Å². The van der Waals surface area contributed by atoms with Gasteiger partial charge in [0.2, 0.25) is 11.8 Å². The van der Waals surface area contributed by atoms with Crippen LogP contribution in [0.2, 0.25) is 0 Å². The zero-order valence-corrected chi connectivity index (χ0v) is 18.6. The first-order valence-electron chi connectivity index (χ1n) is 8.53. The van der Waals surface area contributed by atoms with Crippen LogP contribution in [0.3, 0.4) is 0 Å². The van der Waals surface area contributed by atoms with E-state index in [1.165, 1.54) is 12.2 Å². The Morgan fingerprint density at radius 1 is 1.14 bits per heavy atom. The molecular formula is C16H21N2NaO9S. The Morgan fingerprint density at radius 3 is 2.00 bits per heavy atom. The average molecular weight is 440 g/mol. The third-order valence-corrected chi connectivity index (χ3v) is 6.01. The van der Waals surface area contributed by atoms with Gasteiger partial charge in [-0.2, -0.15) is 8.42 Å². The first kappa shape index (κ1) is 25.4. The van der Waals surface area contributed by atoms with Crippen LogP contribution in [0, 0.1) is 5.41 Å². The van der Waals surface area contributed by atoms with E-state index in [1.54, 1.807) is 5.32 Å². The Hall–Kier alpha value is -1.60. The molecule has 0 spiro atoms. The molecule has 156 valence electrons. The van der Waals surface area contributed by atoms with Crippen LogP contribution in [-0.4, -0.2) is 64.4 Å². The van der Waals surface area contributed by atoms with Gasteiger partial charge in [-0.25, -0.2) is 0 Å². The van der Waals surface area contributed by atoms with Crippen LogP contribution < -0.4 is 34.9 Å². The third kappa shape index (κ3) is 6.19. The van der Waals surface area contributed by atoms with Gasteiger partial charge < -0.3 is 6.53 Å². The predicted molar refractivity (Wildman–Crippen MR) is 93.2 cm³/mol. The Morgan fingerprint density at radius 2 is 1.66 bits per heavy atom. The maximum absolute atomic E-state index is 11.4. The third-order valence-electron chi connectivity index (χ3n) is 4.91. The molecule has 0 radical (unpaired) electrons. The van der Waals surface area contributed by atoms with E-state index in [9.17, 15) is 37.5 Å². The van der Waals surface area contributed by atoms with Crippen molar-refractivity contribution in [3.63, 3.8) is 0 Å². The van der Waals surface area contributed by atoms with E-state index in [-0.39, 0.29) is 37.5 Å². The van der Waals surface area contributed by atoms with Crippen LogP contribution in [0.25, 0.3) is 0 Å². The van der Waals surface area contributed by atoms with Crippen LogP contribution in [0.15, 0.2) is 12.2 Å². The molecule has 1 saturated heterocycles. The van der Waals surface area contributed by atoms with E-state index in [2.05, 4.69) is 0 Å². The minimum Gasteiger partial charge on any atom is -1.00 e. The Labute approximate surface area is 190 Å². The van der Waals surface area contributed by atoms with E-state index in [1.807, 2.05) is 0 Å².